The summed E-state index contributed by atoms with van der Waals surface area (Å²) in [5.41, 5.74) is 6.71. The number of rotatable bonds is 6. The van der Waals surface area contributed by atoms with E-state index < -0.39 is 0 Å². The van der Waals surface area contributed by atoms with Crippen molar-refractivity contribution < 1.29 is 4.79 Å². The molecule has 0 aliphatic carbocycles. The van der Waals surface area contributed by atoms with Gasteiger partial charge >= 0.3 is 0 Å². The van der Waals surface area contributed by atoms with Crippen LogP contribution < -0.4 is 11.1 Å². The number of hydrogen-bond donors (Lipinski definition) is 2. The normalized spacial score (nSPS) is 12.4. The Morgan fingerprint density at radius 3 is 3.00 bits per heavy atom. The Bertz CT molecular complexity index is 332. The summed E-state index contributed by atoms with van der Waals surface area (Å²) in [4.78, 5) is 11.4. The van der Waals surface area contributed by atoms with Gasteiger partial charge in [-0.1, -0.05) is 0 Å². The first-order chi connectivity index (χ1) is 7.58. The first-order valence-electron chi connectivity index (χ1n) is 5.57. The third kappa shape index (κ3) is 4.93. The van der Waals surface area contributed by atoms with Gasteiger partial charge in [-0.3, -0.25) is 9.48 Å². The maximum absolute atomic E-state index is 11.4. The van der Waals surface area contributed by atoms with Crippen LogP contribution in [0.15, 0.2) is 12.4 Å². The van der Waals surface area contributed by atoms with Crippen LogP contribution in [0.25, 0.3) is 0 Å². The average Bonchev–Trinajstić information content (AvgIpc) is 2.61. The number of aromatic nitrogens is 2. The topological polar surface area (TPSA) is 72.9 Å². The zero-order valence-electron chi connectivity index (χ0n) is 9.94. The molecule has 0 saturated carbocycles. The Morgan fingerprint density at radius 2 is 2.44 bits per heavy atom. The van der Waals surface area contributed by atoms with E-state index in [1.807, 2.05) is 26.4 Å². The summed E-state index contributed by atoms with van der Waals surface area (Å²) in [5, 5.41) is 6.93. The van der Waals surface area contributed by atoms with Crippen molar-refractivity contribution in [1.29, 1.82) is 0 Å². The molecule has 3 N–H and O–H groups in total. The molecule has 5 heteroatoms. The number of nitrogens with two attached hydrogens (primary N) is 1. The Morgan fingerprint density at radius 1 is 1.69 bits per heavy atom. The van der Waals surface area contributed by atoms with Gasteiger partial charge in [0.05, 0.1) is 6.20 Å². The second kappa shape index (κ2) is 6.27. The highest BCUT2D eigenvalue weighted by Gasteiger charge is 2.03. The maximum atomic E-state index is 11.4. The van der Waals surface area contributed by atoms with Gasteiger partial charge in [-0.2, -0.15) is 5.10 Å². The van der Waals surface area contributed by atoms with Crippen molar-refractivity contribution in [3.8, 4) is 0 Å². The van der Waals surface area contributed by atoms with Gasteiger partial charge in [0.1, 0.15) is 0 Å². The molecule has 0 spiro atoms. The second-order valence-electron chi connectivity index (χ2n) is 4.14. The van der Waals surface area contributed by atoms with Gasteiger partial charge in [-0.05, 0) is 25.3 Å². The molecule has 90 valence electrons. The molecular weight excluding hydrogens is 204 g/mol. The quantitative estimate of drug-likeness (QED) is 0.725. The second-order valence-corrected chi connectivity index (χ2v) is 4.14. The average molecular weight is 224 g/mol. The number of hydrogen-bond acceptors (Lipinski definition) is 3. The third-order valence-corrected chi connectivity index (χ3v) is 2.32. The fraction of sp³-hybridized carbons (Fsp3) is 0.636. The molecule has 0 fully saturated rings. The summed E-state index contributed by atoms with van der Waals surface area (Å²) in [6, 6.07) is 0.0871. The predicted molar refractivity (Wildman–Crippen MR) is 62.8 cm³/mol. The Hall–Kier alpha value is -1.36. The number of carbonyl (C=O) groups excluding carboxylic acids is 1. The molecule has 0 aromatic carbocycles. The van der Waals surface area contributed by atoms with Crippen LogP contribution in [0.1, 0.15) is 25.3 Å². The molecule has 16 heavy (non-hydrogen) atoms. The van der Waals surface area contributed by atoms with Crippen LogP contribution in [-0.2, 0) is 18.3 Å². The van der Waals surface area contributed by atoms with E-state index in [1.165, 1.54) is 0 Å². The fourth-order valence-corrected chi connectivity index (χ4v) is 1.39. The summed E-state index contributed by atoms with van der Waals surface area (Å²) in [6.07, 6.45) is 5.82. The smallest absolute Gasteiger partial charge is 0.220 e. The van der Waals surface area contributed by atoms with E-state index in [0.29, 0.717) is 13.0 Å². The molecule has 0 saturated heterocycles. The van der Waals surface area contributed by atoms with Crippen molar-refractivity contribution in [3.63, 3.8) is 0 Å². The number of aryl methyl sites for hydroxylation is 1. The number of nitrogens with zero attached hydrogens (tertiary/aromatic N) is 2. The van der Waals surface area contributed by atoms with E-state index >= 15 is 0 Å². The van der Waals surface area contributed by atoms with E-state index in [9.17, 15) is 4.79 Å². The highest BCUT2D eigenvalue weighted by Crippen LogP contribution is 1.97. The van der Waals surface area contributed by atoms with Crippen LogP contribution >= 0.6 is 0 Å². The van der Waals surface area contributed by atoms with Gasteiger partial charge < -0.3 is 11.1 Å². The fourth-order valence-electron chi connectivity index (χ4n) is 1.39. The zero-order valence-corrected chi connectivity index (χ0v) is 9.94. The van der Waals surface area contributed by atoms with Gasteiger partial charge in [0, 0.05) is 32.3 Å². The molecular formula is C11H20N4O. The molecule has 1 rings (SSSR count). The highest BCUT2D eigenvalue weighted by molar-refractivity contribution is 5.75. The lowest BCUT2D eigenvalue weighted by Gasteiger charge is -2.05. The SMILES string of the molecule is CC(N)CCC(=O)NCCc1cnn(C)c1. The summed E-state index contributed by atoms with van der Waals surface area (Å²) in [6.45, 7) is 2.56. The molecule has 5 nitrogen and oxygen atoms in total. The maximum Gasteiger partial charge on any atom is 0.220 e. The zero-order chi connectivity index (χ0) is 12.0. The summed E-state index contributed by atoms with van der Waals surface area (Å²) in [7, 11) is 1.88. The third-order valence-electron chi connectivity index (χ3n) is 2.32. The van der Waals surface area contributed by atoms with Crippen molar-refractivity contribution in [2.75, 3.05) is 6.54 Å². The molecule has 1 aromatic heterocycles. The lowest BCUT2D eigenvalue weighted by Crippen LogP contribution is -2.27. The van der Waals surface area contributed by atoms with E-state index in [0.717, 1.165) is 18.4 Å². The van der Waals surface area contributed by atoms with E-state index in [2.05, 4.69) is 10.4 Å². The minimum Gasteiger partial charge on any atom is -0.356 e. The van der Waals surface area contributed by atoms with Crippen LogP contribution in [0.2, 0.25) is 0 Å². The van der Waals surface area contributed by atoms with Gasteiger partial charge in [0.2, 0.25) is 5.91 Å². The summed E-state index contributed by atoms with van der Waals surface area (Å²) >= 11 is 0. The number of carbonyl (C=O) groups is 1. The lowest BCUT2D eigenvalue weighted by molar-refractivity contribution is -0.121. The van der Waals surface area contributed by atoms with Gasteiger partial charge in [-0.15, -0.1) is 0 Å². The minimum absolute atomic E-state index is 0.0705. The lowest BCUT2D eigenvalue weighted by atomic mass is 10.2. The Balaban J connectivity index is 2.13. The largest absolute Gasteiger partial charge is 0.356 e. The van der Waals surface area contributed by atoms with Crippen molar-refractivity contribution in [2.45, 2.75) is 32.2 Å². The van der Waals surface area contributed by atoms with Crippen LogP contribution in [0, 0.1) is 0 Å². The van der Waals surface area contributed by atoms with Crippen LogP contribution in [0.5, 0.6) is 0 Å². The van der Waals surface area contributed by atoms with Crippen LogP contribution in [-0.4, -0.2) is 28.3 Å². The Labute approximate surface area is 96.0 Å². The highest BCUT2D eigenvalue weighted by atomic mass is 16.1. The van der Waals surface area contributed by atoms with Gasteiger partial charge in [-0.25, -0.2) is 0 Å². The van der Waals surface area contributed by atoms with Crippen molar-refractivity contribution in [1.82, 2.24) is 15.1 Å². The van der Waals surface area contributed by atoms with Crippen LogP contribution in [0.3, 0.4) is 0 Å². The molecule has 0 aliphatic rings. The summed E-state index contributed by atoms with van der Waals surface area (Å²) in [5.74, 6) is 0.0705. The molecule has 1 unspecified atom stereocenters. The standard InChI is InChI=1S/C11H20N4O/c1-9(12)3-4-11(16)13-6-5-10-7-14-15(2)8-10/h7-9H,3-6,12H2,1-2H3,(H,13,16). The first kappa shape index (κ1) is 12.7. The molecule has 1 aromatic rings. The van der Waals surface area contributed by atoms with E-state index in [-0.39, 0.29) is 11.9 Å². The summed E-state index contributed by atoms with van der Waals surface area (Å²) < 4.78 is 1.76. The van der Waals surface area contributed by atoms with Crippen LogP contribution in [0.4, 0.5) is 0 Å². The molecule has 1 heterocycles. The number of nitrogens with one attached hydrogen (secondary N) is 1. The molecule has 0 aliphatic heterocycles. The Kier molecular flexibility index (Phi) is 4.98. The monoisotopic (exact) mass is 224 g/mol. The van der Waals surface area contributed by atoms with Gasteiger partial charge in [0.25, 0.3) is 0 Å². The molecule has 0 bridgehead atoms. The van der Waals surface area contributed by atoms with Gasteiger partial charge in [0.15, 0.2) is 0 Å². The minimum atomic E-state index is 0.0705. The van der Waals surface area contributed by atoms with E-state index in [4.69, 9.17) is 5.73 Å². The first-order valence-corrected chi connectivity index (χ1v) is 5.57. The number of amides is 1. The molecule has 0 radical (unpaired) electrons. The van der Waals surface area contributed by atoms with E-state index in [1.54, 1.807) is 4.68 Å². The van der Waals surface area contributed by atoms with Crippen molar-refractivity contribution in [3.05, 3.63) is 18.0 Å². The molecule has 1 amide bonds. The predicted octanol–water partition coefficient (Wildman–Crippen LogP) is 0.206. The van der Waals surface area contributed by atoms with Crippen molar-refractivity contribution >= 4 is 5.91 Å². The van der Waals surface area contributed by atoms with Crippen molar-refractivity contribution in [2.24, 2.45) is 12.8 Å². The molecule has 1 atom stereocenters.